The summed E-state index contributed by atoms with van der Waals surface area (Å²) in [6.07, 6.45) is 0. The SMILES string of the molecule is CN(C)C(=S)Oc1ccc(F)cc1Br. The highest BCUT2D eigenvalue weighted by atomic mass is 79.9. The van der Waals surface area contributed by atoms with Crippen molar-refractivity contribution in [2.24, 2.45) is 0 Å². The van der Waals surface area contributed by atoms with E-state index in [1.54, 1.807) is 19.0 Å². The fourth-order valence-electron chi connectivity index (χ4n) is 0.743. The van der Waals surface area contributed by atoms with Crippen molar-refractivity contribution >= 4 is 33.3 Å². The van der Waals surface area contributed by atoms with Crippen molar-refractivity contribution in [1.82, 2.24) is 4.90 Å². The summed E-state index contributed by atoms with van der Waals surface area (Å²) in [6.45, 7) is 0. The minimum atomic E-state index is -0.319. The smallest absolute Gasteiger partial charge is 0.264 e. The Morgan fingerprint density at radius 1 is 1.50 bits per heavy atom. The number of hydrogen-bond donors (Lipinski definition) is 0. The van der Waals surface area contributed by atoms with Gasteiger partial charge >= 0.3 is 0 Å². The van der Waals surface area contributed by atoms with Gasteiger partial charge in [-0.1, -0.05) is 0 Å². The van der Waals surface area contributed by atoms with Crippen molar-refractivity contribution in [1.29, 1.82) is 0 Å². The molecule has 0 fully saturated rings. The molecule has 0 aliphatic carbocycles. The second kappa shape index (κ2) is 4.70. The molecule has 0 spiro atoms. The molecule has 0 amide bonds. The summed E-state index contributed by atoms with van der Waals surface area (Å²) in [5, 5.41) is 0.331. The first-order valence-electron chi connectivity index (χ1n) is 3.85. The molecule has 0 atom stereocenters. The van der Waals surface area contributed by atoms with Gasteiger partial charge in [-0.15, -0.1) is 0 Å². The van der Waals surface area contributed by atoms with Gasteiger partial charge in [0, 0.05) is 14.1 Å². The van der Waals surface area contributed by atoms with Crippen LogP contribution in [0.25, 0.3) is 0 Å². The van der Waals surface area contributed by atoms with E-state index >= 15 is 0 Å². The maximum absolute atomic E-state index is 12.7. The molecule has 5 heteroatoms. The standard InChI is InChI=1S/C9H9BrFNOS/c1-12(2)9(14)13-8-4-3-6(11)5-7(8)10/h3-5H,1-2H3. The minimum absolute atomic E-state index is 0.319. The predicted molar refractivity (Wildman–Crippen MR) is 61.0 cm³/mol. The monoisotopic (exact) mass is 277 g/mol. The van der Waals surface area contributed by atoms with Crippen molar-refractivity contribution in [3.8, 4) is 5.75 Å². The van der Waals surface area contributed by atoms with E-state index in [-0.39, 0.29) is 5.82 Å². The molecular formula is C9H9BrFNOS. The van der Waals surface area contributed by atoms with Gasteiger partial charge in [0.1, 0.15) is 11.6 Å². The molecule has 14 heavy (non-hydrogen) atoms. The molecule has 0 saturated heterocycles. The Morgan fingerprint density at radius 2 is 2.14 bits per heavy atom. The first-order chi connectivity index (χ1) is 6.50. The van der Waals surface area contributed by atoms with Crippen LogP contribution in [-0.4, -0.2) is 24.2 Å². The fraction of sp³-hybridized carbons (Fsp3) is 0.222. The molecule has 1 rings (SSSR count). The first kappa shape index (κ1) is 11.4. The molecule has 0 heterocycles. The van der Waals surface area contributed by atoms with Crippen molar-refractivity contribution in [2.75, 3.05) is 14.1 Å². The Labute approximate surface area is 95.8 Å². The average molecular weight is 278 g/mol. The van der Waals surface area contributed by atoms with Crippen LogP contribution in [-0.2, 0) is 0 Å². The summed E-state index contributed by atoms with van der Waals surface area (Å²) in [5.74, 6) is 0.185. The van der Waals surface area contributed by atoms with Crippen LogP contribution in [0.15, 0.2) is 22.7 Å². The Hall–Kier alpha value is -0.680. The third-order valence-corrected chi connectivity index (χ3v) is 2.52. The number of halogens is 2. The topological polar surface area (TPSA) is 12.5 Å². The van der Waals surface area contributed by atoms with E-state index in [1.807, 2.05) is 0 Å². The van der Waals surface area contributed by atoms with Crippen molar-refractivity contribution in [3.05, 3.63) is 28.5 Å². The molecule has 0 N–H and O–H groups in total. The Balaban J connectivity index is 2.82. The van der Waals surface area contributed by atoms with Gasteiger partial charge < -0.3 is 9.64 Å². The highest BCUT2D eigenvalue weighted by Crippen LogP contribution is 2.25. The maximum atomic E-state index is 12.7. The highest BCUT2D eigenvalue weighted by molar-refractivity contribution is 9.10. The van der Waals surface area contributed by atoms with Crippen LogP contribution >= 0.6 is 28.1 Å². The average Bonchev–Trinajstić information content (AvgIpc) is 2.09. The summed E-state index contributed by atoms with van der Waals surface area (Å²) in [6, 6.07) is 4.17. The summed E-state index contributed by atoms with van der Waals surface area (Å²) >= 11 is 8.12. The molecule has 0 aliphatic heterocycles. The van der Waals surface area contributed by atoms with E-state index in [1.165, 1.54) is 18.2 Å². The Bertz CT molecular complexity index is 357. The van der Waals surface area contributed by atoms with Crippen LogP contribution in [0.3, 0.4) is 0 Å². The second-order valence-corrected chi connectivity index (χ2v) is 4.04. The number of nitrogens with zero attached hydrogens (tertiary/aromatic N) is 1. The van der Waals surface area contributed by atoms with Crippen LogP contribution in [0.5, 0.6) is 5.75 Å². The maximum Gasteiger partial charge on any atom is 0.264 e. The predicted octanol–water partition coefficient (Wildman–Crippen LogP) is 2.81. The van der Waals surface area contributed by atoms with E-state index in [9.17, 15) is 4.39 Å². The van der Waals surface area contributed by atoms with Gasteiger partial charge in [0.05, 0.1) is 4.47 Å². The largest absolute Gasteiger partial charge is 0.431 e. The molecule has 76 valence electrons. The van der Waals surface area contributed by atoms with Crippen LogP contribution in [0, 0.1) is 5.82 Å². The zero-order chi connectivity index (χ0) is 10.7. The van der Waals surface area contributed by atoms with Gasteiger partial charge in [0.25, 0.3) is 5.17 Å². The van der Waals surface area contributed by atoms with E-state index < -0.39 is 0 Å². The lowest BCUT2D eigenvalue weighted by Crippen LogP contribution is -2.25. The Kier molecular flexibility index (Phi) is 3.83. The molecular weight excluding hydrogens is 269 g/mol. The molecule has 0 radical (unpaired) electrons. The second-order valence-electron chi connectivity index (χ2n) is 2.84. The zero-order valence-electron chi connectivity index (χ0n) is 7.75. The summed E-state index contributed by atoms with van der Waals surface area (Å²) < 4.78 is 18.6. The molecule has 2 nitrogen and oxygen atoms in total. The third kappa shape index (κ3) is 2.92. The van der Waals surface area contributed by atoms with Crippen LogP contribution in [0.1, 0.15) is 0 Å². The lowest BCUT2D eigenvalue weighted by molar-refractivity contribution is 0.446. The number of rotatable bonds is 1. The van der Waals surface area contributed by atoms with E-state index in [2.05, 4.69) is 15.9 Å². The molecule has 0 aliphatic rings. The van der Waals surface area contributed by atoms with Gasteiger partial charge in [0.2, 0.25) is 0 Å². The van der Waals surface area contributed by atoms with Crippen LogP contribution < -0.4 is 4.74 Å². The molecule has 0 unspecified atom stereocenters. The lowest BCUT2D eigenvalue weighted by Gasteiger charge is -2.14. The molecule has 1 aromatic rings. The summed E-state index contributed by atoms with van der Waals surface area (Å²) in [7, 11) is 3.56. The van der Waals surface area contributed by atoms with Crippen LogP contribution in [0.2, 0.25) is 0 Å². The fourth-order valence-corrected chi connectivity index (χ4v) is 1.26. The van der Waals surface area contributed by atoms with Gasteiger partial charge in [-0.25, -0.2) is 4.39 Å². The molecule has 1 aromatic carbocycles. The van der Waals surface area contributed by atoms with E-state index in [4.69, 9.17) is 17.0 Å². The highest BCUT2D eigenvalue weighted by Gasteiger charge is 2.06. The summed E-state index contributed by atoms with van der Waals surface area (Å²) in [4.78, 5) is 1.66. The number of ether oxygens (including phenoxy) is 1. The van der Waals surface area contributed by atoms with Gasteiger partial charge in [-0.2, -0.15) is 0 Å². The van der Waals surface area contributed by atoms with E-state index in [0.29, 0.717) is 15.4 Å². The normalized spacial score (nSPS) is 9.71. The first-order valence-corrected chi connectivity index (χ1v) is 5.05. The quantitative estimate of drug-likeness (QED) is 0.733. The Morgan fingerprint density at radius 3 is 2.64 bits per heavy atom. The zero-order valence-corrected chi connectivity index (χ0v) is 10.2. The van der Waals surface area contributed by atoms with E-state index in [0.717, 1.165) is 0 Å². The number of hydrogen-bond acceptors (Lipinski definition) is 2. The lowest BCUT2D eigenvalue weighted by atomic mass is 10.3. The van der Waals surface area contributed by atoms with Crippen molar-refractivity contribution in [2.45, 2.75) is 0 Å². The molecule has 0 aromatic heterocycles. The van der Waals surface area contributed by atoms with Gasteiger partial charge in [-0.3, -0.25) is 0 Å². The number of benzene rings is 1. The third-order valence-electron chi connectivity index (χ3n) is 1.46. The van der Waals surface area contributed by atoms with Gasteiger partial charge in [0.15, 0.2) is 0 Å². The van der Waals surface area contributed by atoms with Gasteiger partial charge in [-0.05, 0) is 46.3 Å². The van der Waals surface area contributed by atoms with Crippen LogP contribution in [0.4, 0.5) is 4.39 Å². The van der Waals surface area contributed by atoms with Crippen molar-refractivity contribution < 1.29 is 9.13 Å². The minimum Gasteiger partial charge on any atom is -0.431 e. The molecule has 0 bridgehead atoms. The summed E-state index contributed by atoms with van der Waals surface area (Å²) in [5.41, 5.74) is 0. The molecule has 0 saturated carbocycles. The van der Waals surface area contributed by atoms with Crippen molar-refractivity contribution in [3.63, 3.8) is 0 Å². The number of thiocarbonyl (C=S) groups is 1.